The van der Waals surface area contributed by atoms with E-state index in [0.717, 1.165) is 29.3 Å². The van der Waals surface area contributed by atoms with Crippen LogP contribution in [-0.2, 0) is 19.1 Å². The highest BCUT2D eigenvalue weighted by molar-refractivity contribution is 6.33. The molecule has 10 heteroatoms. The molecule has 0 atom stereocenters. The SMILES string of the molecule is O=C(Nc1ccc2c(c1)CCN(C(=O)O)C2)Nc1ccc(C(F)(F)F)cc1Cl. The predicted octanol–water partition coefficient (Wildman–Crippen LogP) is 5.04. The summed E-state index contributed by atoms with van der Waals surface area (Å²) in [5.41, 5.74) is 1.38. The van der Waals surface area contributed by atoms with Crippen LogP contribution in [0, 0.1) is 0 Å². The molecule has 0 spiro atoms. The van der Waals surface area contributed by atoms with Gasteiger partial charge in [0.15, 0.2) is 0 Å². The van der Waals surface area contributed by atoms with E-state index in [4.69, 9.17) is 16.7 Å². The third kappa shape index (κ3) is 4.48. The van der Waals surface area contributed by atoms with Crippen LogP contribution in [0.3, 0.4) is 0 Å². The standard InChI is InChI=1S/C18H15ClF3N3O3/c19-14-8-12(18(20,21)22)2-4-15(14)24-16(26)23-13-3-1-11-9-25(17(27)28)6-5-10(11)7-13/h1-4,7-8H,5-6,9H2,(H,27,28)(H2,23,24,26). The van der Waals surface area contributed by atoms with Crippen molar-refractivity contribution in [2.24, 2.45) is 0 Å². The molecular formula is C18H15ClF3N3O3. The number of hydrogen-bond acceptors (Lipinski definition) is 2. The van der Waals surface area contributed by atoms with Crippen molar-refractivity contribution in [3.8, 4) is 0 Å². The van der Waals surface area contributed by atoms with Gasteiger partial charge in [-0.3, -0.25) is 0 Å². The van der Waals surface area contributed by atoms with Crippen LogP contribution in [0.1, 0.15) is 16.7 Å². The molecule has 0 unspecified atom stereocenters. The van der Waals surface area contributed by atoms with Crippen LogP contribution in [-0.4, -0.2) is 28.7 Å². The van der Waals surface area contributed by atoms with Crippen LogP contribution in [0.2, 0.25) is 5.02 Å². The van der Waals surface area contributed by atoms with Crippen LogP contribution >= 0.6 is 11.6 Å². The number of carbonyl (C=O) groups is 2. The summed E-state index contributed by atoms with van der Waals surface area (Å²) in [5, 5.41) is 13.8. The molecule has 1 heterocycles. The summed E-state index contributed by atoms with van der Waals surface area (Å²) >= 11 is 5.82. The van der Waals surface area contributed by atoms with Gasteiger partial charge in [-0.1, -0.05) is 17.7 Å². The Hall–Kier alpha value is -2.94. The number of alkyl halides is 3. The minimum Gasteiger partial charge on any atom is -0.465 e. The van der Waals surface area contributed by atoms with Crippen molar-refractivity contribution in [1.29, 1.82) is 0 Å². The second-order valence-electron chi connectivity index (χ2n) is 6.21. The molecule has 3 N–H and O–H groups in total. The summed E-state index contributed by atoms with van der Waals surface area (Å²) in [5.74, 6) is 0. The lowest BCUT2D eigenvalue weighted by atomic mass is 9.99. The Balaban J connectivity index is 1.67. The van der Waals surface area contributed by atoms with Gasteiger partial charge in [-0.05, 0) is 47.9 Å². The van der Waals surface area contributed by atoms with Crippen LogP contribution in [0.25, 0.3) is 0 Å². The number of amides is 3. The molecule has 1 aliphatic rings. The van der Waals surface area contributed by atoms with Gasteiger partial charge in [0.1, 0.15) is 0 Å². The van der Waals surface area contributed by atoms with E-state index in [0.29, 0.717) is 18.7 Å². The van der Waals surface area contributed by atoms with Gasteiger partial charge in [-0.25, -0.2) is 9.59 Å². The summed E-state index contributed by atoms with van der Waals surface area (Å²) < 4.78 is 38.0. The number of nitrogens with zero attached hydrogens (tertiary/aromatic N) is 1. The first-order valence-electron chi connectivity index (χ1n) is 8.18. The van der Waals surface area contributed by atoms with Crippen molar-refractivity contribution in [1.82, 2.24) is 4.90 Å². The Labute approximate surface area is 162 Å². The van der Waals surface area contributed by atoms with Crippen LogP contribution in [0.5, 0.6) is 0 Å². The molecule has 28 heavy (non-hydrogen) atoms. The topological polar surface area (TPSA) is 81.7 Å². The molecule has 0 fully saturated rings. The zero-order chi connectivity index (χ0) is 20.5. The first-order chi connectivity index (χ1) is 13.1. The number of benzene rings is 2. The van der Waals surface area contributed by atoms with Crippen molar-refractivity contribution < 1.29 is 27.9 Å². The smallest absolute Gasteiger partial charge is 0.416 e. The number of carboxylic acid groups (broad SMARTS) is 1. The molecule has 3 amide bonds. The first kappa shape index (κ1) is 19.8. The van der Waals surface area contributed by atoms with E-state index >= 15 is 0 Å². The van der Waals surface area contributed by atoms with Crippen molar-refractivity contribution >= 4 is 35.1 Å². The third-order valence-corrected chi connectivity index (χ3v) is 4.60. The minimum absolute atomic E-state index is 0.0437. The number of fused-ring (bicyclic) bond motifs is 1. The second-order valence-corrected chi connectivity index (χ2v) is 6.62. The van der Waals surface area contributed by atoms with Crippen LogP contribution < -0.4 is 10.6 Å². The number of urea groups is 1. The van der Waals surface area contributed by atoms with E-state index in [9.17, 15) is 22.8 Å². The van der Waals surface area contributed by atoms with E-state index in [1.165, 1.54) is 4.90 Å². The molecule has 2 aromatic rings. The molecule has 3 rings (SSSR count). The van der Waals surface area contributed by atoms with E-state index in [1.807, 2.05) is 0 Å². The fraction of sp³-hybridized carbons (Fsp3) is 0.222. The maximum atomic E-state index is 12.7. The fourth-order valence-corrected chi connectivity index (χ4v) is 3.10. The Morgan fingerprint density at radius 3 is 2.46 bits per heavy atom. The van der Waals surface area contributed by atoms with E-state index < -0.39 is 23.9 Å². The Bertz CT molecular complexity index is 934. The maximum Gasteiger partial charge on any atom is 0.416 e. The highest BCUT2D eigenvalue weighted by Gasteiger charge is 2.31. The van der Waals surface area contributed by atoms with Crippen molar-refractivity contribution in [3.05, 3.63) is 58.1 Å². The Morgan fingerprint density at radius 1 is 1.07 bits per heavy atom. The summed E-state index contributed by atoms with van der Waals surface area (Å²) in [6.07, 6.45) is -4.99. The summed E-state index contributed by atoms with van der Waals surface area (Å²) in [6, 6.07) is 7.08. The van der Waals surface area contributed by atoms with Crippen molar-refractivity contribution in [2.75, 3.05) is 17.2 Å². The van der Waals surface area contributed by atoms with E-state index in [-0.39, 0.29) is 17.3 Å². The quantitative estimate of drug-likeness (QED) is 0.645. The largest absolute Gasteiger partial charge is 0.465 e. The molecule has 0 saturated carbocycles. The van der Waals surface area contributed by atoms with Crippen molar-refractivity contribution in [3.63, 3.8) is 0 Å². The summed E-state index contributed by atoms with van der Waals surface area (Å²) in [6.45, 7) is 0.636. The average Bonchev–Trinajstić information content (AvgIpc) is 2.62. The lowest BCUT2D eigenvalue weighted by molar-refractivity contribution is -0.137. The zero-order valence-corrected chi connectivity index (χ0v) is 15.1. The maximum absolute atomic E-state index is 12.7. The van der Waals surface area contributed by atoms with Crippen LogP contribution in [0.4, 0.5) is 34.1 Å². The van der Waals surface area contributed by atoms with Gasteiger partial charge >= 0.3 is 18.3 Å². The highest BCUT2D eigenvalue weighted by atomic mass is 35.5. The van der Waals surface area contributed by atoms with Gasteiger partial charge in [-0.15, -0.1) is 0 Å². The molecule has 0 saturated heterocycles. The molecule has 2 aromatic carbocycles. The minimum atomic E-state index is -4.52. The number of rotatable bonds is 2. The van der Waals surface area contributed by atoms with Crippen molar-refractivity contribution in [2.45, 2.75) is 19.1 Å². The fourth-order valence-electron chi connectivity index (χ4n) is 2.87. The number of halogens is 4. The van der Waals surface area contributed by atoms with Gasteiger partial charge in [0.05, 0.1) is 16.3 Å². The number of anilines is 2. The molecule has 1 aliphatic heterocycles. The predicted molar refractivity (Wildman–Crippen MR) is 97.7 cm³/mol. The molecule has 0 aromatic heterocycles. The van der Waals surface area contributed by atoms with E-state index in [2.05, 4.69) is 10.6 Å². The monoisotopic (exact) mass is 413 g/mol. The second kappa shape index (κ2) is 7.59. The number of carbonyl (C=O) groups excluding carboxylic acids is 1. The summed E-state index contributed by atoms with van der Waals surface area (Å²) in [4.78, 5) is 24.5. The highest BCUT2D eigenvalue weighted by Crippen LogP contribution is 2.33. The van der Waals surface area contributed by atoms with E-state index in [1.54, 1.807) is 18.2 Å². The molecular weight excluding hydrogens is 399 g/mol. The molecule has 0 radical (unpaired) electrons. The van der Waals surface area contributed by atoms with Crippen LogP contribution in [0.15, 0.2) is 36.4 Å². The molecule has 148 valence electrons. The lowest BCUT2D eigenvalue weighted by Crippen LogP contribution is -2.34. The zero-order valence-electron chi connectivity index (χ0n) is 14.3. The van der Waals surface area contributed by atoms with Gasteiger partial charge in [-0.2, -0.15) is 13.2 Å². The number of hydrogen-bond donors (Lipinski definition) is 3. The van der Waals surface area contributed by atoms with Gasteiger partial charge < -0.3 is 20.6 Å². The lowest BCUT2D eigenvalue weighted by Gasteiger charge is -2.26. The Morgan fingerprint density at radius 2 is 1.82 bits per heavy atom. The average molecular weight is 414 g/mol. The van der Waals surface area contributed by atoms with Gasteiger partial charge in [0.2, 0.25) is 0 Å². The first-order valence-corrected chi connectivity index (χ1v) is 8.55. The third-order valence-electron chi connectivity index (χ3n) is 4.29. The summed E-state index contributed by atoms with van der Waals surface area (Å²) in [7, 11) is 0. The number of nitrogens with one attached hydrogen (secondary N) is 2. The molecule has 0 bridgehead atoms. The normalized spacial score (nSPS) is 13.6. The Kier molecular flexibility index (Phi) is 5.37. The molecule has 0 aliphatic carbocycles. The molecule has 6 nitrogen and oxygen atoms in total. The van der Waals surface area contributed by atoms with Gasteiger partial charge in [0.25, 0.3) is 0 Å². The van der Waals surface area contributed by atoms with Gasteiger partial charge in [0, 0.05) is 18.8 Å².